The molecular weight excluding hydrogens is 251 g/mol. The smallest absolute Gasteiger partial charge is 0.268 e. The second-order valence-electron chi connectivity index (χ2n) is 3.92. The van der Waals surface area contributed by atoms with Gasteiger partial charge in [0, 0.05) is 6.20 Å². The highest BCUT2D eigenvalue weighted by Gasteiger charge is 2.08. The summed E-state index contributed by atoms with van der Waals surface area (Å²) < 4.78 is 14.4. The van der Waals surface area contributed by atoms with Crippen LogP contribution in [0.4, 0.5) is 4.39 Å². The maximum absolute atomic E-state index is 12.8. The van der Waals surface area contributed by atoms with Crippen molar-refractivity contribution in [2.75, 3.05) is 0 Å². The fourth-order valence-corrected chi connectivity index (χ4v) is 2.73. The number of hydrogen-bond donors (Lipinski definition) is 0. The van der Waals surface area contributed by atoms with Gasteiger partial charge in [-0.1, -0.05) is 12.1 Å². The summed E-state index contributed by atoms with van der Waals surface area (Å²) in [5, 5.41) is 0.629. The average molecular weight is 260 g/mol. The molecule has 5 heteroatoms. The Hall–Kier alpha value is -2.01. The molecule has 0 spiro atoms. The van der Waals surface area contributed by atoms with Crippen LogP contribution in [0.15, 0.2) is 47.4 Å². The minimum Gasteiger partial charge on any atom is -0.268 e. The van der Waals surface area contributed by atoms with Crippen LogP contribution in [-0.4, -0.2) is 8.94 Å². The van der Waals surface area contributed by atoms with Crippen molar-refractivity contribution in [2.24, 2.45) is 0 Å². The molecule has 0 aliphatic rings. The zero-order valence-electron chi connectivity index (χ0n) is 9.34. The SMILES string of the molecule is O=c1c2cccnc2sn1Cc1ccc(F)cc1. The van der Waals surface area contributed by atoms with E-state index in [9.17, 15) is 9.18 Å². The lowest BCUT2D eigenvalue weighted by Gasteiger charge is -2.00. The Morgan fingerprint density at radius 3 is 2.72 bits per heavy atom. The minimum absolute atomic E-state index is 0.0487. The van der Waals surface area contributed by atoms with Crippen LogP contribution in [0.2, 0.25) is 0 Å². The van der Waals surface area contributed by atoms with E-state index in [1.54, 1.807) is 34.4 Å². The van der Waals surface area contributed by atoms with Gasteiger partial charge in [-0.25, -0.2) is 9.37 Å². The fraction of sp³-hybridized carbons (Fsp3) is 0.0769. The van der Waals surface area contributed by atoms with E-state index in [0.29, 0.717) is 11.9 Å². The van der Waals surface area contributed by atoms with Crippen LogP contribution in [0.1, 0.15) is 5.56 Å². The van der Waals surface area contributed by atoms with Gasteiger partial charge in [-0.05, 0) is 41.4 Å². The summed E-state index contributed by atoms with van der Waals surface area (Å²) in [6.45, 7) is 0.445. The molecule has 0 fully saturated rings. The van der Waals surface area contributed by atoms with Gasteiger partial charge in [-0.2, -0.15) is 0 Å². The minimum atomic E-state index is -0.274. The van der Waals surface area contributed by atoms with Gasteiger partial charge in [0.2, 0.25) is 0 Å². The number of hydrogen-bond acceptors (Lipinski definition) is 3. The summed E-state index contributed by atoms with van der Waals surface area (Å²) in [4.78, 5) is 16.9. The van der Waals surface area contributed by atoms with E-state index in [1.807, 2.05) is 0 Å². The number of aromatic nitrogens is 2. The molecule has 0 aliphatic carbocycles. The van der Waals surface area contributed by atoms with E-state index in [-0.39, 0.29) is 11.4 Å². The molecule has 18 heavy (non-hydrogen) atoms. The van der Waals surface area contributed by atoms with Gasteiger partial charge in [0.05, 0.1) is 11.9 Å². The number of nitrogens with zero attached hydrogens (tertiary/aromatic N) is 2. The quantitative estimate of drug-likeness (QED) is 0.710. The number of fused-ring (bicyclic) bond motifs is 1. The first-order valence-electron chi connectivity index (χ1n) is 5.43. The molecule has 0 unspecified atom stereocenters. The molecule has 0 bridgehead atoms. The van der Waals surface area contributed by atoms with E-state index in [1.165, 1.54) is 23.7 Å². The Morgan fingerprint density at radius 1 is 1.22 bits per heavy atom. The lowest BCUT2D eigenvalue weighted by Crippen LogP contribution is -2.13. The van der Waals surface area contributed by atoms with Gasteiger partial charge in [0.15, 0.2) is 0 Å². The zero-order chi connectivity index (χ0) is 12.5. The molecule has 0 N–H and O–H groups in total. The molecule has 0 amide bonds. The highest BCUT2D eigenvalue weighted by atomic mass is 32.1. The van der Waals surface area contributed by atoms with E-state index in [0.717, 1.165) is 10.4 Å². The van der Waals surface area contributed by atoms with Crippen molar-refractivity contribution in [3.05, 3.63) is 64.3 Å². The van der Waals surface area contributed by atoms with E-state index < -0.39 is 0 Å². The molecule has 90 valence electrons. The van der Waals surface area contributed by atoms with Crippen molar-refractivity contribution in [1.82, 2.24) is 8.94 Å². The maximum atomic E-state index is 12.8. The summed E-state index contributed by atoms with van der Waals surface area (Å²) in [6.07, 6.45) is 1.67. The number of halogens is 1. The van der Waals surface area contributed by atoms with Crippen LogP contribution in [0.5, 0.6) is 0 Å². The molecule has 0 saturated carbocycles. The highest BCUT2D eigenvalue weighted by molar-refractivity contribution is 7.13. The summed E-state index contributed by atoms with van der Waals surface area (Å²) in [7, 11) is 0. The van der Waals surface area contributed by atoms with Gasteiger partial charge >= 0.3 is 0 Å². The number of benzene rings is 1. The monoisotopic (exact) mass is 260 g/mol. The standard InChI is InChI=1S/C13H9FN2OS/c14-10-5-3-9(4-6-10)8-16-13(17)11-2-1-7-15-12(11)18-16/h1-7H,8H2. The molecule has 2 heterocycles. The Morgan fingerprint density at radius 2 is 2.00 bits per heavy atom. The van der Waals surface area contributed by atoms with Gasteiger partial charge < -0.3 is 0 Å². The van der Waals surface area contributed by atoms with Gasteiger partial charge in [0.1, 0.15) is 10.6 Å². The number of rotatable bonds is 2. The fourth-order valence-electron chi connectivity index (χ4n) is 1.77. The van der Waals surface area contributed by atoms with Crippen molar-refractivity contribution in [1.29, 1.82) is 0 Å². The first kappa shape index (κ1) is 11.1. The van der Waals surface area contributed by atoms with Crippen LogP contribution in [0.3, 0.4) is 0 Å². The van der Waals surface area contributed by atoms with Crippen LogP contribution < -0.4 is 5.56 Å². The first-order chi connectivity index (χ1) is 8.74. The van der Waals surface area contributed by atoms with Crippen LogP contribution in [-0.2, 0) is 6.54 Å². The Labute approximate surface area is 106 Å². The molecule has 3 aromatic rings. The summed E-state index contributed by atoms with van der Waals surface area (Å²) >= 11 is 1.32. The lowest BCUT2D eigenvalue weighted by atomic mass is 10.2. The molecule has 2 aromatic heterocycles. The normalized spacial score (nSPS) is 10.9. The first-order valence-corrected chi connectivity index (χ1v) is 6.21. The molecular formula is C13H9FN2OS. The van der Waals surface area contributed by atoms with Crippen molar-refractivity contribution >= 4 is 21.7 Å². The summed E-state index contributed by atoms with van der Waals surface area (Å²) in [5.74, 6) is -0.274. The zero-order valence-corrected chi connectivity index (χ0v) is 10.2. The lowest BCUT2D eigenvalue weighted by molar-refractivity contribution is 0.626. The van der Waals surface area contributed by atoms with Crippen molar-refractivity contribution in [2.45, 2.75) is 6.54 Å². The molecule has 3 nitrogen and oxygen atoms in total. The van der Waals surface area contributed by atoms with Gasteiger partial charge in [0.25, 0.3) is 5.56 Å². The second-order valence-corrected chi connectivity index (χ2v) is 4.93. The van der Waals surface area contributed by atoms with E-state index in [4.69, 9.17) is 0 Å². The van der Waals surface area contributed by atoms with Crippen molar-refractivity contribution < 1.29 is 4.39 Å². The third-order valence-electron chi connectivity index (χ3n) is 2.66. The average Bonchev–Trinajstić information content (AvgIpc) is 2.70. The Bertz CT molecular complexity index is 746. The Balaban J connectivity index is 2.02. The molecule has 0 saturated heterocycles. The third kappa shape index (κ3) is 1.93. The van der Waals surface area contributed by atoms with Crippen LogP contribution >= 0.6 is 11.5 Å². The third-order valence-corrected chi connectivity index (χ3v) is 3.68. The summed E-state index contributed by atoms with van der Waals surface area (Å²) in [6, 6.07) is 9.66. The summed E-state index contributed by atoms with van der Waals surface area (Å²) in [5.41, 5.74) is 0.845. The topological polar surface area (TPSA) is 34.9 Å². The van der Waals surface area contributed by atoms with Crippen molar-refractivity contribution in [3.8, 4) is 0 Å². The molecule has 0 atom stereocenters. The van der Waals surface area contributed by atoms with Gasteiger partial charge in [-0.15, -0.1) is 0 Å². The number of pyridine rings is 1. The van der Waals surface area contributed by atoms with Crippen LogP contribution in [0, 0.1) is 5.82 Å². The molecule has 0 radical (unpaired) electrons. The van der Waals surface area contributed by atoms with Crippen molar-refractivity contribution in [3.63, 3.8) is 0 Å². The molecule has 1 aromatic carbocycles. The van der Waals surface area contributed by atoms with E-state index in [2.05, 4.69) is 4.98 Å². The molecule has 0 aliphatic heterocycles. The highest BCUT2D eigenvalue weighted by Crippen LogP contribution is 2.14. The predicted octanol–water partition coefficient (Wildman–Crippen LogP) is 2.65. The van der Waals surface area contributed by atoms with Gasteiger partial charge in [-0.3, -0.25) is 8.75 Å². The van der Waals surface area contributed by atoms with Crippen LogP contribution in [0.25, 0.3) is 10.2 Å². The largest absolute Gasteiger partial charge is 0.270 e. The Kier molecular flexibility index (Phi) is 2.68. The van der Waals surface area contributed by atoms with E-state index >= 15 is 0 Å². The molecule has 3 rings (SSSR count). The second kappa shape index (κ2) is 4.34. The maximum Gasteiger partial charge on any atom is 0.270 e. The predicted molar refractivity (Wildman–Crippen MR) is 69.4 cm³/mol.